The Hall–Kier alpha value is -4.65. The zero-order valence-electron chi connectivity index (χ0n) is 35.6. The van der Waals surface area contributed by atoms with Crippen molar-refractivity contribution in [2.75, 3.05) is 50.0 Å². The Kier molecular flexibility index (Phi) is 18.5. The Balaban J connectivity index is 0.000000234. The molecular formula is C46H65ClN6O5Si. The summed E-state index contributed by atoms with van der Waals surface area (Å²) in [4.78, 5) is 36.9. The number of carbonyl (C=O) groups excluding carboxylic acids is 2. The number of benzene rings is 2. The first-order chi connectivity index (χ1) is 27.8. The molecule has 13 heteroatoms. The van der Waals surface area contributed by atoms with Crippen LogP contribution >= 0.6 is 12.4 Å². The van der Waals surface area contributed by atoms with Gasteiger partial charge in [-0.1, -0.05) is 81.4 Å². The van der Waals surface area contributed by atoms with E-state index in [1.807, 2.05) is 28.0 Å². The van der Waals surface area contributed by atoms with Crippen LogP contribution in [0, 0.1) is 11.8 Å². The lowest BCUT2D eigenvalue weighted by Crippen LogP contribution is -2.43. The lowest BCUT2D eigenvalue weighted by molar-refractivity contribution is 0.182. The molecule has 5 heterocycles. The zero-order chi connectivity index (χ0) is 41.4. The monoisotopic (exact) mass is 844 g/mol. The average Bonchev–Trinajstić information content (AvgIpc) is 3.82. The third-order valence-electron chi connectivity index (χ3n) is 11.5. The number of aromatic hydroxyl groups is 1. The van der Waals surface area contributed by atoms with Crippen LogP contribution in [0.3, 0.4) is 0 Å². The summed E-state index contributed by atoms with van der Waals surface area (Å²) >= 11 is 0. The number of likely N-dealkylation sites (tertiary alicyclic amines) is 2. The van der Waals surface area contributed by atoms with E-state index in [0.717, 1.165) is 83.7 Å². The third-order valence-corrected chi connectivity index (χ3v) is 15.9. The molecule has 3 aliphatic rings. The van der Waals surface area contributed by atoms with Crippen LogP contribution in [0.25, 0.3) is 0 Å². The molecule has 0 aliphatic carbocycles. The van der Waals surface area contributed by atoms with E-state index in [9.17, 15) is 14.7 Å². The summed E-state index contributed by atoms with van der Waals surface area (Å²) in [5.41, 5.74) is 2.74. The lowest BCUT2D eigenvalue weighted by Gasteiger charge is -2.36. The number of nitrogens with one attached hydrogen (secondary N) is 2. The van der Waals surface area contributed by atoms with Crippen LogP contribution in [0.5, 0.6) is 11.5 Å². The van der Waals surface area contributed by atoms with Crippen molar-refractivity contribution in [1.29, 1.82) is 0 Å². The minimum absolute atomic E-state index is 0. The quantitative estimate of drug-likeness (QED) is 0.151. The highest BCUT2D eigenvalue weighted by Gasteiger charge is 2.39. The second-order valence-corrected chi connectivity index (χ2v) is 21.8. The van der Waals surface area contributed by atoms with Gasteiger partial charge in [-0.2, -0.15) is 0 Å². The molecule has 3 fully saturated rings. The number of piperidine rings is 2. The second kappa shape index (κ2) is 23.2. The molecule has 2 aromatic carbocycles. The first-order valence-corrected chi connectivity index (χ1v) is 23.8. The fourth-order valence-electron chi connectivity index (χ4n) is 6.89. The van der Waals surface area contributed by atoms with Gasteiger partial charge < -0.3 is 24.1 Å². The van der Waals surface area contributed by atoms with Crippen molar-refractivity contribution >= 4 is 44.4 Å². The number of aromatic nitrogens is 2. The average molecular weight is 846 g/mol. The van der Waals surface area contributed by atoms with Gasteiger partial charge in [-0.25, -0.2) is 19.6 Å². The number of urea groups is 2. The molecule has 11 nitrogen and oxygen atoms in total. The normalized spacial score (nSPS) is 16.0. The van der Waals surface area contributed by atoms with Crippen LogP contribution in [0.4, 0.5) is 21.2 Å². The fourth-order valence-corrected chi connectivity index (χ4v) is 7.90. The minimum Gasteiger partial charge on any atom is -0.542 e. The second-order valence-electron chi connectivity index (χ2n) is 17.1. The predicted molar refractivity (Wildman–Crippen MR) is 242 cm³/mol. The Labute approximate surface area is 358 Å². The van der Waals surface area contributed by atoms with Crippen molar-refractivity contribution < 1.29 is 23.9 Å². The topological polar surface area (TPSA) is 129 Å². The van der Waals surface area contributed by atoms with Gasteiger partial charge in [0.15, 0.2) is 0 Å². The van der Waals surface area contributed by atoms with E-state index in [2.05, 4.69) is 109 Å². The van der Waals surface area contributed by atoms with Crippen molar-refractivity contribution in [3.8, 4) is 11.5 Å². The molecule has 0 saturated carbocycles. The molecule has 3 aliphatic heterocycles. The van der Waals surface area contributed by atoms with Gasteiger partial charge in [0.1, 0.15) is 23.1 Å². The third kappa shape index (κ3) is 15.8. The highest BCUT2D eigenvalue weighted by Crippen LogP contribution is 2.37. The molecular weight excluding hydrogens is 780 g/mol. The van der Waals surface area contributed by atoms with Crippen molar-refractivity contribution in [3.05, 3.63) is 108 Å². The fraction of sp³-hybridized carbons (Fsp3) is 0.478. The standard InChI is InChI=1S/C24H35N3O2Si.C18H21N3O2.C4H8O.ClH/c1-24(2,3)30(4,5)29-21-11-12-22(25-18-21)26-23(28)27-15-13-20(14-16-27)17-19-9-7-6-8-10-19;22-16-6-7-17(19-13-16)20-18(23)21-10-8-15(9-11-21)12-14-4-2-1-3-5-14;1-2-4-5-3-1;/h6-12,18,20H,13-17H2,1-5H3,(H,25,26,28);1-7,13,15,22H,8-12H2,(H,19,20,23);1-4H2;1H. The number of halogens is 1. The van der Waals surface area contributed by atoms with Gasteiger partial charge in [0.25, 0.3) is 8.32 Å². The maximum atomic E-state index is 12.6. The summed E-state index contributed by atoms with van der Waals surface area (Å²) in [5, 5.41) is 15.0. The van der Waals surface area contributed by atoms with E-state index in [-0.39, 0.29) is 35.3 Å². The molecule has 59 heavy (non-hydrogen) atoms. The first-order valence-electron chi connectivity index (χ1n) is 20.9. The number of carbonyl (C=O) groups is 2. The van der Waals surface area contributed by atoms with Gasteiger partial charge in [0.05, 0.1) is 12.4 Å². The van der Waals surface area contributed by atoms with E-state index in [4.69, 9.17) is 9.16 Å². The molecule has 0 atom stereocenters. The summed E-state index contributed by atoms with van der Waals surface area (Å²) in [6.45, 7) is 16.2. The Morgan fingerprint density at radius 2 is 1.15 bits per heavy atom. The minimum atomic E-state index is -1.89. The molecule has 0 unspecified atom stereocenters. The highest BCUT2D eigenvalue weighted by atomic mass is 35.5. The predicted octanol–water partition coefficient (Wildman–Crippen LogP) is 10.4. The number of hydrogen-bond acceptors (Lipinski definition) is 7. The summed E-state index contributed by atoms with van der Waals surface area (Å²) in [6.07, 6.45) is 11.9. The number of ether oxygens (including phenoxy) is 1. The molecule has 4 aromatic rings. The molecule has 3 N–H and O–H groups in total. The number of pyridine rings is 2. The number of rotatable bonds is 8. The van der Waals surface area contributed by atoms with Gasteiger partial charge in [-0.05, 0) is 117 Å². The summed E-state index contributed by atoms with van der Waals surface area (Å²) in [6, 6.07) is 27.7. The zero-order valence-corrected chi connectivity index (χ0v) is 37.4. The number of nitrogens with zero attached hydrogens (tertiary/aromatic N) is 4. The summed E-state index contributed by atoms with van der Waals surface area (Å²) < 4.78 is 11.2. The largest absolute Gasteiger partial charge is 0.542 e. The first kappa shape index (κ1) is 47.0. The van der Waals surface area contributed by atoms with E-state index in [0.29, 0.717) is 23.5 Å². The summed E-state index contributed by atoms with van der Waals surface area (Å²) in [5.74, 6) is 3.15. The SMILES string of the molecule is C1CCOC1.CC(C)(C)[Si](C)(C)Oc1ccc(NC(=O)N2CCC(Cc3ccccc3)CC2)nc1.Cl.O=C(Nc1ccc(O)cn1)N1CCC(Cc2ccccc2)CC1. The van der Waals surface area contributed by atoms with Gasteiger partial charge in [-0.3, -0.25) is 10.6 Å². The van der Waals surface area contributed by atoms with Crippen molar-refractivity contribution in [2.24, 2.45) is 11.8 Å². The maximum absolute atomic E-state index is 12.6. The van der Waals surface area contributed by atoms with Crippen LogP contribution in [0.1, 0.15) is 70.4 Å². The number of hydrogen-bond donors (Lipinski definition) is 3. The van der Waals surface area contributed by atoms with Crippen molar-refractivity contribution in [2.45, 2.75) is 90.3 Å². The van der Waals surface area contributed by atoms with Crippen LogP contribution < -0.4 is 15.1 Å². The highest BCUT2D eigenvalue weighted by molar-refractivity contribution is 6.74. The van der Waals surface area contributed by atoms with Crippen LogP contribution in [-0.4, -0.2) is 84.6 Å². The Bertz CT molecular complexity index is 1800. The lowest BCUT2D eigenvalue weighted by atomic mass is 9.90. The molecule has 7 rings (SSSR count). The smallest absolute Gasteiger partial charge is 0.323 e. The number of amides is 4. The van der Waals surface area contributed by atoms with E-state index in [1.54, 1.807) is 12.3 Å². The molecule has 0 spiro atoms. The molecule has 320 valence electrons. The van der Waals surface area contributed by atoms with E-state index < -0.39 is 8.32 Å². The number of anilines is 2. The Morgan fingerprint density at radius 3 is 1.51 bits per heavy atom. The van der Waals surface area contributed by atoms with Crippen LogP contribution in [-0.2, 0) is 17.6 Å². The summed E-state index contributed by atoms with van der Waals surface area (Å²) in [7, 11) is -1.89. The van der Waals surface area contributed by atoms with Crippen molar-refractivity contribution in [3.63, 3.8) is 0 Å². The molecule has 4 amide bonds. The molecule has 2 aromatic heterocycles. The van der Waals surface area contributed by atoms with Gasteiger partial charge in [-0.15, -0.1) is 12.4 Å². The van der Waals surface area contributed by atoms with E-state index >= 15 is 0 Å². The maximum Gasteiger partial charge on any atom is 0.323 e. The van der Waals surface area contributed by atoms with Gasteiger partial charge in [0, 0.05) is 39.4 Å². The Morgan fingerprint density at radius 1 is 0.712 bits per heavy atom. The molecule has 0 bridgehead atoms. The van der Waals surface area contributed by atoms with Gasteiger partial charge in [0.2, 0.25) is 0 Å². The van der Waals surface area contributed by atoms with Gasteiger partial charge >= 0.3 is 12.1 Å². The molecule has 3 saturated heterocycles. The van der Waals surface area contributed by atoms with Crippen LogP contribution in [0.15, 0.2) is 97.3 Å². The van der Waals surface area contributed by atoms with E-state index in [1.165, 1.54) is 36.2 Å². The molecule has 0 radical (unpaired) electrons. The van der Waals surface area contributed by atoms with Crippen LogP contribution in [0.2, 0.25) is 18.1 Å². The van der Waals surface area contributed by atoms with Crippen molar-refractivity contribution in [1.82, 2.24) is 19.8 Å².